The van der Waals surface area contributed by atoms with Gasteiger partial charge in [-0.3, -0.25) is 4.90 Å². The Morgan fingerprint density at radius 3 is 2.14 bits per heavy atom. The maximum atomic E-state index is 12.9. The zero-order valence-electron chi connectivity index (χ0n) is 20.6. The van der Waals surface area contributed by atoms with Gasteiger partial charge in [0.05, 0.1) is 0 Å². The van der Waals surface area contributed by atoms with Crippen LogP contribution in [0.2, 0.25) is 0 Å². The molecule has 0 radical (unpaired) electrons. The van der Waals surface area contributed by atoms with Gasteiger partial charge in [0.2, 0.25) is 0 Å². The fourth-order valence-corrected chi connectivity index (χ4v) is 5.69. The zero-order valence-corrected chi connectivity index (χ0v) is 21.5. The van der Waals surface area contributed by atoms with Gasteiger partial charge in [0, 0.05) is 43.5 Å². The molecule has 0 aromatic heterocycles. The normalized spacial score (nSPS) is 15.5. The van der Waals surface area contributed by atoms with E-state index in [1.165, 1.54) is 22.3 Å². The second-order valence-corrected chi connectivity index (χ2v) is 10.1. The Labute approximate surface area is 218 Å². The van der Waals surface area contributed by atoms with Crippen molar-refractivity contribution in [2.75, 3.05) is 32.8 Å². The van der Waals surface area contributed by atoms with Gasteiger partial charge >= 0.3 is 13.2 Å². The fraction of sp³-hybridized carbons (Fsp3) is 0.321. The van der Waals surface area contributed by atoms with E-state index in [1.807, 2.05) is 44.2 Å². The lowest BCUT2D eigenvalue weighted by Crippen LogP contribution is -2.48. The van der Waals surface area contributed by atoms with Crippen LogP contribution in [0.15, 0.2) is 59.5 Å². The third-order valence-electron chi connectivity index (χ3n) is 7.59. The van der Waals surface area contributed by atoms with Crippen LogP contribution in [0.4, 0.5) is 4.79 Å². The van der Waals surface area contributed by atoms with Crippen molar-refractivity contribution in [1.82, 2.24) is 9.80 Å². The van der Waals surface area contributed by atoms with Crippen molar-refractivity contribution in [3.8, 4) is 11.1 Å². The number of fused-ring (bicyclic) bond motifs is 3. The smallest absolute Gasteiger partial charge is 0.448 e. The number of benzene rings is 3. The Balaban J connectivity index is 1.19. The number of hydrogen-bond acceptors (Lipinski definition) is 6. The van der Waals surface area contributed by atoms with Crippen molar-refractivity contribution < 1.29 is 19.6 Å². The number of carbonyl (C=O) groups is 1. The molecule has 3 aromatic rings. The van der Waals surface area contributed by atoms with Gasteiger partial charge in [0.15, 0.2) is 0 Å². The molecule has 0 spiro atoms. The molecule has 186 valence electrons. The number of amides is 1. The average Bonchev–Trinajstić information content (AvgIpc) is 3.21. The van der Waals surface area contributed by atoms with Crippen LogP contribution in [0, 0.1) is 13.8 Å². The predicted octanol–water partition coefficient (Wildman–Crippen LogP) is 3.34. The molecule has 1 fully saturated rings. The molecule has 3 aromatic carbocycles. The molecule has 0 unspecified atom stereocenters. The minimum absolute atomic E-state index is 0.0543. The number of ether oxygens (including phenoxy) is 1. The fourth-order valence-electron chi connectivity index (χ4n) is 5.42. The maximum Gasteiger partial charge on any atom is 0.488 e. The van der Waals surface area contributed by atoms with E-state index in [-0.39, 0.29) is 12.0 Å². The SMILES string of the molecule is Cc1c(CN2CCN(C(=O)OCC3c4ccccc4-c4ccccc43)CC2)cc(B(O)O)c(C)c1S. The van der Waals surface area contributed by atoms with Gasteiger partial charge < -0.3 is 19.7 Å². The van der Waals surface area contributed by atoms with Crippen molar-refractivity contribution in [2.45, 2.75) is 31.2 Å². The highest BCUT2D eigenvalue weighted by molar-refractivity contribution is 7.80. The summed E-state index contributed by atoms with van der Waals surface area (Å²) in [4.78, 5) is 17.7. The molecule has 1 aliphatic carbocycles. The molecule has 6 nitrogen and oxygen atoms in total. The van der Waals surface area contributed by atoms with Crippen molar-refractivity contribution >= 4 is 31.3 Å². The monoisotopic (exact) mass is 502 g/mol. The predicted molar refractivity (Wildman–Crippen MR) is 145 cm³/mol. The highest BCUT2D eigenvalue weighted by atomic mass is 32.1. The molecule has 5 rings (SSSR count). The third-order valence-corrected chi connectivity index (χ3v) is 8.26. The Hall–Kier alpha value is -2.78. The molecule has 36 heavy (non-hydrogen) atoms. The van der Waals surface area contributed by atoms with E-state index in [0.717, 1.165) is 34.7 Å². The van der Waals surface area contributed by atoms with Gasteiger partial charge in [0.1, 0.15) is 6.61 Å². The minimum Gasteiger partial charge on any atom is -0.448 e. The van der Waals surface area contributed by atoms with E-state index in [9.17, 15) is 14.8 Å². The lowest BCUT2D eigenvalue weighted by molar-refractivity contribution is 0.0728. The molecule has 1 aliphatic heterocycles. The van der Waals surface area contributed by atoms with Crippen LogP contribution in [0.1, 0.15) is 33.7 Å². The van der Waals surface area contributed by atoms with Crippen LogP contribution in [-0.2, 0) is 11.3 Å². The molecule has 1 amide bonds. The van der Waals surface area contributed by atoms with Crippen LogP contribution in [0.25, 0.3) is 11.1 Å². The summed E-state index contributed by atoms with van der Waals surface area (Å²) in [7, 11) is -1.53. The average molecular weight is 502 g/mol. The molecule has 2 aliphatic rings. The highest BCUT2D eigenvalue weighted by Crippen LogP contribution is 2.44. The standard InChI is InChI=1S/C28H31BN2O4S/c1-18-20(15-26(29(33)34)19(2)27(18)36)16-30-11-13-31(14-12-30)28(32)35-17-25-23-9-5-3-7-21(23)22-8-4-6-10-24(22)25/h3-10,15,25,33-34,36H,11-14,16-17H2,1-2H3. The first-order valence-electron chi connectivity index (χ1n) is 12.4. The topological polar surface area (TPSA) is 73.2 Å². The number of rotatable bonds is 5. The molecule has 8 heteroatoms. The summed E-state index contributed by atoms with van der Waals surface area (Å²) in [6.07, 6.45) is -0.272. The molecular weight excluding hydrogens is 471 g/mol. The largest absolute Gasteiger partial charge is 0.488 e. The minimum atomic E-state index is -1.53. The quantitative estimate of drug-likeness (QED) is 0.369. The first-order valence-corrected chi connectivity index (χ1v) is 12.8. The summed E-state index contributed by atoms with van der Waals surface area (Å²) in [5.74, 6) is 0.0543. The van der Waals surface area contributed by atoms with Crippen molar-refractivity contribution in [2.24, 2.45) is 0 Å². The van der Waals surface area contributed by atoms with E-state index in [4.69, 9.17) is 4.74 Å². The molecule has 2 N–H and O–H groups in total. The second kappa shape index (κ2) is 10.3. The summed E-state index contributed by atoms with van der Waals surface area (Å²) >= 11 is 4.59. The van der Waals surface area contributed by atoms with E-state index in [1.54, 1.807) is 4.90 Å². The van der Waals surface area contributed by atoms with E-state index >= 15 is 0 Å². The Bertz CT molecular complexity index is 1250. The first kappa shape index (κ1) is 24.9. The van der Waals surface area contributed by atoms with Gasteiger partial charge in [-0.2, -0.15) is 0 Å². The van der Waals surface area contributed by atoms with Crippen LogP contribution < -0.4 is 5.46 Å². The maximum absolute atomic E-state index is 12.9. The Kier molecular flexibility index (Phi) is 7.13. The highest BCUT2D eigenvalue weighted by Gasteiger charge is 2.30. The summed E-state index contributed by atoms with van der Waals surface area (Å²) in [5, 5.41) is 19.5. The molecule has 0 bridgehead atoms. The van der Waals surface area contributed by atoms with Crippen LogP contribution in [-0.4, -0.2) is 65.8 Å². The van der Waals surface area contributed by atoms with Gasteiger partial charge in [-0.25, -0.2) is 4.79 Å². The number of piperazine rings is 1. The Morgan fingerprint density at radius 2 is 1.56 bits per heavy atom. The lowest BCUT2D eigenvalue weighted by atomic mass is 9.75. The van der Waals surface area contributed by atoms with E-state index in [0.29, 0.717) is 31.7 Å². The summed E-state index contributed by atoms with van der Waals surface area (Å²) in [6.45, 7) is 7.46. The lowest BCUT2D eigenvalue weighted by Gasteiger charge is -2.34. The van der Waals surface area contributed by atoms with E-state index < -0.39 is 7.12 Å². The van der Waals surface area contributed by atoms with Crippen molar-refractivity contribution in [3.63, 3.8) is 0 Å². The summed E-state index contributed by atoms with van der Waals surface area (Å²) in [6, 6.07) is 18.5. The summed E-state index contributed by atoms with van der Waals surface area (Å²) < 4.78 is 5.83. The van der Waals surface area contributed by atoms with Crippen LogP contribution in [0.3, 0.4) is 0 Å². The number of carbonyl (C=O) groups excluding carboxylic acids is 1. The second-order valence-electron chi connectivity index (χ2n) is 9.66. The van der Waals surface area contributed by atoms with E-state index in [2.05, 4.69) is 41.8 Å². The van der Waals surface area contributed by atoms with Gasteiger partial charge in [-0.1, -0.05) is 54.6 Å². The van der Waals surface area contributed by atoms with Crippen molar-refractivity contribution in [1.29, 1.82) is 0 Å². The molecule has 0 atom stereocenters. The van der Waals surface area contributed by atoms with Gasteiger partial charge in [-0.15, -0.1) is 12.6 Å². The third kappa shape index (κ3) is 4.66. The first-order chi connectivity index (χ1) is 17.3. The zero-order chi connectivity index (χ0) is 25.4. The molecular formula is C28H31BN2O4S. The molecule has 0 saturated carbocycles. The van der Waals surface area contributed by atoms with Crippen LogP contribution in [0.5, 0.6) is 0 Å². The Morgan fingerprint density at radius 1 is 0.972 bits per heavy atom. The van der Waals surface area contributed by atoms with Gasteiger partial charge in [0.25, 0.3) is 0 Å². The van der Waals surface area contributed by atoms with Crippen molar-refractivity contribution in [3.05, 3.63) is 82.4 Å². The molecule has 1 heterocycles. The number of nitrogens with zero attached hydrogens (tertiary/aromatic N) is 2. The number of hydrogen-bond donors (Lipinski definition) is 3. The molecule has 1 saturated heterocycles. The van der Waals surface area contributed by atoms with Crippen LogP contribution >= 0.6 is 12.6 Å². The number of thiol groups is 1. The van der Waals surface area contributed by atoms with Gasteiger partial charge in [-0.05, 0) is 58.3 Å². The summed E-state index contributed by atoms with van der Waals surface area (Å²) in [5.41, 5.74) is 8.18.